The van der Waals surface area contributed by atoms with Crippen LogP contribution in [0.25, 0.3) is 0 Å². The summed E-state index contributed by atoms with van der Waals surface area (Å²) in [7, 11) is -3.91. The van der Waals surface area contributed by atoms with Crippen LogP contribution in [0, 0.1) is 5.82 Å². The van der Waals surface area contributed by atoms with Crippen LogP contribution in [-0.4, -0.2) is 20.4 Å². The SMILES string of the molecule is CC(NS(=O)(=O)c1ccc(F)cc1)C(=O)Nc1ccccc1Br. The molecule has 1 atom stereocenters. The van der Waals surface area contributed by atoms with Crippen molar-refractivity contribution in [3.63, 3.8) is 0 Å². The molecular formula is C15H14BrFN2O3S. The zero-order valence-electron chi connectivity index (χ0n) is 12.1. The van der Waals surface area contributed by atoms with Crippen molar-refractivity contribution in [2.45, 2.75) is 17.9 Å². The Morgan fingerprint density at radius 1 is 1.13 bits per heavy atom. The van der Waals surface area contributed by atoms with E-state index in [2.05, 4.69) is 26.0 Å². The number of hydrogen-bond donors (Lipinski definition) is 2. The maximum Gasteiger partial charge on any atom is 0.242 e. The summed E-state index contributed by atoms with van der Waals surface area (Å²) in [6, 6.07) is 10.3. The minimum absolute atomic E-state index is 0.112. The van der Waals surface area contributed by atoms with Gasteiger partial charge in [0, 0.05) is 4.47 Å². The highest BCUT2D eigenvalue weighted by molar-refractivity contribution is 9.10. The molecule has 0 saturated heterocycles. The maximum atomic E-state index is 12.9. The summed E-state index contributed by atoms with van der Waals surface area (Å²) in [4.78, 5) is 12.0. The van der Waals surface area contributed by atoms with Crippen LogP contribution in [0.15, 0.2) is 57.9 Å². The van der Waals surface area contributed by atoms with E-state index in [1.54, 1.807) is 24.3 Å². The van der Waals surface area contributed by atoms with Crippen LogP contribution in [0.4, 0.5) is 10.1 Å². The van der Waals surface area contributed by atoms with E-state index >= 15 is 0 Å². The third-order valence-electron chi connectivity index (χ3n) is 2.98. The third-order valence-corrected chi connectivity index (χ3v) is 5.23. The van der Waals surface area contributed by atoms with Crippen LogP contribution in [0.3, 0.4) is 0 Å². The van der Waals surface area contributed by atoms with Crippen molar-refractivity contribution in [2.75, 3.05) is 5.32 Å². The maximum absolute atomic E-state index is 12.9. The second-order valence-electron chi connectivity index (χ2n) is 4.77. The lowest BCUT2D eigenvalue weighted by molar-refractivity contribution is -0.117. The second-order valence-corrected chi connectivity index (χ2v) is 7.33. The number of amides is 1. The molecule has 2 aromatic rings. The Kier molecular flexibility index (Phi) is 5.51. The van der Waals surface area contributed by atoms with Gasteiger partial charge in [0.05, 0.1) is 16.6 Å². The summed E-state index contributed by atoms with van der Waals surface area (Å²) in [5, 5.41) is 2.62. The average Bonchev–Trinajstić information content (AvgIpc) is 2.49. The largest absolute Gasteiger partial charge is 0.324 e. The Morgan fingerprint density at radius 2 is 1.74 bits per heavy atom. The highest BCUT2D eigenvalue weighted by atomic mass is 79.9. The molecule has 2 N–H and O–H groups in total. The van der Waals surface area contributed by atoms with Crippen molar-refractivity contribution in [1.29, 1.82) is 0 Å². The molecule has 0 aliphatic carbocycles. The molecule has 1 amide bonds. The van der Waals surface area contributed by atoms with Crippen LogP contribution in [0.2, 0.25) is 0 Å². The molecule has 0 aromatic heterocycles. The number of carbonyl (C=O) groups is 1. The number of anilines is 1. The molecule has 5 nitrogen and oxygen atoms in total. The van der Waals surface area contributed by atoms with E-state index < -0.39 is 27.8 Å². The highest BCUT2D eigenvalue weighted by Gasteiger charge is 2.22. The number of benzene rings is 2. The summed E-state index contributed by atoms with van der Waals surface area (Å²) in [5.41, 5.74) is 0.533. The average molecular weight is 401 g/mol. The fourth-order valence-electron chi connectivity index (χ4n) is 1.77. The Bertz CT molecular complexity index is 810. The standard InChI is InChI=1S/C15H14BrFN2O3S/c1-10(15(20)18-14-5-3-2-4-13(14)16)19-23(21,22)12-8-6-11(17)7-9-12/h2-10,19H,1H3,(H,18,20). The molecule has 0 radical (unpaired) electrons. The molecule has 1 unspecified atom stereocenters. The van der Waals surface area contributed by atoms with Gasteiger partial charge >= 0.3 is 0 Å². The molecule has 2 aromatic carbocycles. The number of carbonyl (C=O) groups excluding carboxylic acids is 1. The van der Waals surface area contributed by atoms with E-state index in [1.807, 2.05) is 0 Å². The molecule has 0 saturated carbocycles. The predicted octanol–water partition coefficient (Wildman–Crippen LogP) is 2.89. The molecule has 122 valence electrons. The van der Waals surface area contributed by atoms with Gasteiger partial charge in [-0.3, -0.25) is 4.79 Å². The van der Waals surface area contributed by atoms with E-state index in [-0.39, 0.29) is 4.90 Å². The number of halogens is 2. The Morgan fingerprint density at radius 3 is 2.35 bits per heavy atom. The van der Waals surface area contributed by atoms with E-state index in [4.69, 9.17) is 0 Å². The molecule has 0 fully saturated rings. The Labute approximate surface area is 142 Å². The quantitative estimate of drug-likeness (QED) is 0.809. The van der Waals surface area contributed by atoms with E-state index in [0.29, 0.717) is 10.2 Å². The van der Waals surface area contributed by atoms with Crippen molar-refractivity contribution in [2.24, 2.45) is 0 Å². The number of hydrogen-bond acceptors (Lipinski definition) is 3. The van der Waals surface area contributed by atoms with Crippen LogP contribution in [0.1, 0.15) is 6.92 Å². The lowest BCUT2D eigenvalue weighted by Gasteiger charge is -2.15. The monoisotopic (exact) mass is 400 g/mol. The summed E-state index contributed by atoms with van der Waals surface area (Å²) in [6.45, 7) is 1.42. The molecule has 0 heterocycles. The number of rotatable bonds is 5. The summed E-state index contributed by atoms with van der Waals surface area (Å²) in [6.07, 6.45) is 0. The van der Waals surface area contributed by atoms with Crippen molar-refractivity contribution >= 4 is 37.5 Å². The van der Waals surface area contributed by atoms with Crippen molar-refractivity contribution in [1.82, 2.24) is 4.72 Å². The zero-order chi connectivity index (χ0) is 17.0. The Balaban J connectivity index is 2.08. The fraction of sp³-hybridized carbons (Fsp3) is 0.133. The molecular weight excluding hydrogens is 387 g/mol. The second kappa shape index (κ2) is 7.20. The number of sulfonamides is 1. The lowest BCUT2D eigenvalue weighted by Crippen LogP contribution is -2.41. The molecule has 23 heavy (non-hydrogen) atoms. The van der Waals surface area contributed by atoms with Gasteiger partial charge in [0.25, 0.3) is 0 Å². The first kappa shape index (κ1) is 17.6. The van der Waals surface area contributed by atoms with Gasteiger partial charge in [-0.1, -0.05) is 12.1 Å². The number of nitrogens with one attached hydrogen (secondary N) is 2. The van der Waals surface area contributed by atoms with Gasteiger partial charge in [-0.15, -0.1) is 0 Å². The minimum Gasteiger partial charge on any atom is -0.324 e. The van der Waals surface area contributed by atoms with E-state index in [9.17, 15) is 17.6 Å². The molecule has 2 rings (SSSR count). The van der Waals surface area contributed by atoms with Gasteiger partial charge in [0.1, 0.15) is 5.82 Å². The smallest absolute Gasteiger partial charge is 0.242 e. The first-order valence-electron chi connectivity index (χ1n) is 6.63. The highest BCUT2D eigenvalue weighted by Crippen LogP contribution is 2.21. The molecule has 0 spiro atoms. The fourth-order valence-corrected chi connectivity index (χ4v) is 3.36. The van der Waals surface area contributed by atoms with Gasteiger partial charge in [-0.25, -0.2) is 12.8 Å². The summed E-state index contributed by atoms with van der Waals surface area (Å²) >= 11 is 3.29. The van der Waals surface area contributed by atoms with Gasteiger partial charge in [0.15, 0.2) is 0 Å². The summed E-state index contributed by atoms with van der Waals surface area (Å²) in [5.74, 6) is -1.05. The summed E-state index contributed by atoms with van der Waals surface area (Å²) < 4.78 is 40.1. The first-order chi connectivity index (χ1) is 10.8. The number of para-hydroxylation sites is 1. The minimum atomic E-state index is -3.91. The topological polar surface area (TPSA) is 75.3 Å². The van der Waals surface area contributed by atoms with Crippen LogP contribution in [0.5, 0.6) is 0 Å². The van der Waals surface area contributed by atoms with Crippen LogP contribution in [-0.2, 0) is 14.8 Å². The van der Waals surface area contributed by atoms with Gasteiger partial charge in [-0.05, 0) is 59.3 Å². The van der Waals surface area contributed by atoms with E-state index in [1.165, 1.54) is 6.92 Å². The van der Waals surface area contributed by atoms with Gasteiger partial charge in [0.2, 0.25) is 15.9 Å². The van der Waals surface area contributed by atoms with Gasteiger partial charge < -0.3 is 5.32 Å². The van der Waals surface area contributed by atoms with Gasteiger partial charge in [-0.2, -0.15) is 4.72 Å². The van der Waals surface area contributed by atoms with E-state index in [0.717, 1.165) is 24.3 Å². The predicted molar refractivity (Wildman–Crippen MR) is 89.0 cm³/mol. The van der Waals surface area contributed by atoms with Crippen LogP contribution >= 0.6 is 15.9 Å². The molecule has 0 bridgehead atoms. The molecule has 0 aliphatic rings. The van der Waals surface area contributed by atoms with Crippen molar-refractivity contribution < 1.29 is 17.6 Å². The third kappa shape index (κ3) is 4.60. The van der Waals surface area contributed by atoms with Crippen molar-refractivity contribution in [3.05, 3.63) is 58.8 Å². The first-order valence-corrected chi connectivity index (χ1v) is 8.90. The van der Waals surface area contributed by atoms with Crippen LogP contribution < -0.4 is 10.0 Å². The zero-order valence-corrected chi connectivity index (χ0v) is 14.5. The Hall–Kier alpha value is -1.77. The molecule has 8 heteroatoms. The van der Waals surface area contributed by atoms with Crippen molar-refractivity contribution in [3.8, 4) is 0 Å². The lowest BCUT2D eigenvalue weighted by atomic mass is 10.3. The molecule has 0 aliphatic heterocycles. The normalized spacial score (nSPS) is 12.7.